The van der Waals surface area contributed by atoms with Gasteiger partial charge in [-0.1, -0.05) is 25.5 Å². The van der Waals surface area contributed by atoms with Gasteiger partial charge < -0.3 is 9.64 Å². The van der Waals surface area contributed by atoms with E-state index >= 15 is 0 Å². The van der Waals surface area contributed by atoms with Crippen molar-refractivity contribution in [3.63, 3.8) is 0 Å². The Morgan fingerprint density at radius 1 is 1.10 bits per heavy atom. The summed E-state index contributed by atoms with van der Waals surface area (Å²) in [6, 6.07) is 13.3. The van der Waals surface area contributed by atoms with E-state index in [4.69, 9.17) is 9.72 Å². The number of rotatable bonds is 7. The van der Waals surface area contributed by atoms with Gasteiger partial charge in [0.1, 0.15) is 11.6 Å². The number of fused-ring (bicyclic) bond motifs is 1. The molecule has 0 bridgehead atoms. The maximum atomic E-state index is 13.1. The molecule has 1 aliphatic heterocycles. The van der Waals surface area contributed by atoms with Gasteiger partial charge in [-0.15, -0.1) is 0 Å². The zero-order chi connectivity index (χ0) is 20.9. The van der Waals surface area contributed by atoms with Gasteiger partial charge in [0.05, 0.1) is 27.7 Å². The summed E-state index contributed by atoms with van der Waals surface area (Å²) < 4.78 is 8.55. The average molecular weight is 470 g/mol. The molecule has 1 aliphatic rings. The zero-order valence-electron chi connectivity index (χ0n) is 17.4. The van der Waals surface area contributed by atoms with Crippen LogP contribution < -0.4 is 10.3 Å². The van der Waals surface area contributed by atoms with Crippen molar-refractivity contribution in [3.8, 4) is 11.4 Å². The van der Waals surface area contributed by atoms with Crippen LogP contribution in [0.3, 0.4) is 0 Å². The summed E-state index contributed by atoms with van der Waals surface area (Å²) in [5, 5.41) is 0.629. The number of likely N-dealkylation sites (tertiary alicyclic amines) is 1. The van der Waals surface area contributed by atoms with Crippen molar-refractivity contribution in [2.45, 2.75) is 39.0 Å². The van der Waals surface area contributed by atoms with Crippen LogP contribution in [0.1, 0.15) is 38.4 Å². The van der Waals surface area contributed by atoms with Gasteiger partial charge in [-0.05, 0) is 78.6 Å². The molecule has 158 valence electrons. The molecule has 5 nitrogen and oxygen atoms in total. The van der Waals surface area contributed by atoms with Crippen LogP contribution in [-0.2, 0) is 6.42 Å². The van der Waals surface area contributed by atoms with Gasteiger partial charge in [0.25, 0.3) is 5.56 Å². The molecule has 0 aliphatic carbocycles. The number of aryl methyl sites for hydroxylation is 1. The highest BCUT2D eigenvalue weighted by atomic mass is 79.9. The Bertz CT molecular complexity index is 1070. The van der Waals surface area contributed by atoms with Crippen LogP contribution in [0.4, 0.5) is 0 Å². The van der Waals surface area contributed by atoms with Gasteiger partial charge in [-0.25, -0.2) is 4.98 Å². The molecule has 3 aromatic rings. The van der Waals surface area contributed by atoms with E-state index in [-0.39, 0.29) is 5.56 Å². The molecule has 4 rings (SSSR count). The van der Waals surface area contributed by atoms with Gasteiger partial charge in [0.15, 0.2) is 0 Å². The van der Waals surface area contributed by atoms with Crippen molar-refractivity contribution in [2.75, 3.05) is 26.2 Å². The molecule has 6 heteroatoms. The molecule has 0 radical (unpaired) electrons. The Labute approximate surface area is 185 Å². The first-order valence-electron chi connectivity index (χ1n) is 10.8. The second-order valence-corrected chi connectivity index (χ2v) is 8.61. The predicted molar refractivity (Wildman–Crippen MR) is 125 cm³/mol. The van der Waals surface area contributed by atoms with E-state index < -0.39 is 0 Å². The van der Waals surface area contributed by atoms with E-state index in [9.17, 15) is 4.79 Å². The van der Waals surface area contributed by atoms with Crippen molar-refractivity contribution >= 4 is 26.8 Å². The molecule has 0 unspecified atom stereocenters. The quantitative estimate of drug-likeness (QED) is 0.458. The fraction of sp³-hybridized carbons (Fsp3) is 0.417. The molecule has 1 saturated heterocycles. The van der Waals surface area contributed by atoms with Crippen molar-refractivity contribution < 1.29 is 4.74 Å². The van der Waals surface area contributed by atoms with Crippen LogP contribution in [0.5, 0.6) is 5.75 Å². The smallest absolute Gasteiger partial charge is 0.265 e. The molecule has 0 atom stereocenters. The number of piperidine rings is 1. The van der Waals surface area contributed by atoms with Gasteiger partial charge in [0.2, 0.25) is 0 Å². The number of nitrogens with zero attached hydrogens (tertiary/aromatic N) is 3. The first kappa shape index (κ1) is 21.1. The summed E-state index contributed by atoms with van der Waals surface area (Å²) in [5.41, 5.74) is 1.49. The Balaban J connectivity index is 1.50. The third-order valence-corrected chi connectivity index (χ3v) is 6.28. The third kappa shape index (κ3) is 4.60. The van der Waals surface area contributed by atoms with E-state index in [2.05, 4.69) is 20.8 Å². The lowest BCUT2D eigenvalue weighted by molar-refractivity contribution is 0.204. The van der Waals surface area contributed by atoms with Crippen LogP contribution in [-0.4, -0.2) is 40.7 Å². The van der Waals surface area contributed by atoms with Gasteiger partial charge in [0, 0.05) is 13.0 Å². The van der Waals surface area contributed by atoms with Crippen LogP contribution in [0.25, 0.3) is 16.6 Å². The minimum atomic E-state index is -0.0421. The van der Waals surface area contributed by atoms with E-state index in [1.165, 1.54) is 32.4 Å². The Morgan fingerprint density at radius 3 is 2.67 bits per heavy atom. The van der Waals surface area contributed by atoms with Gasteiger partial charge >= 0.3 is 0 Å². The first-order chi connectivity index (χ1) is 14.7. The molecule has 0 amide bonds. The summed E-state index contributed by atoms with van der Waals surface area (Å²) in [5.74, 6) is 1.55. The summed E-state index contributed by atoms with van der Waals surface area (Å²) >= 11 is 3.62. The molecule has 2 heterocycles. The number of hydrogen-bond acceptors (Lipinski definition) is 4. The van der Waals surface area contributed by atoms with Crippen LogP contribution in [0.15, 0.2) is 51.7 Å². The second-order valence-electron chi connectivity index (χ2n) is 7.76. The topological polar surface area (TPSA) is 47.4 Å². The van der Waals surface area contributed by atoms with Gasteiger partial charge in [-0.2, -0.15) is 0 Å². The molecule has 0 N–H and O–H groups in total. The lowest BCUT2D eigenvalue weighted by Gasteiger charge is -2.26. The zero-order valence-corrected chi connectivity index (χ0v) is 19.0. The number of ether oxygens (including phenoxy) is 1. The lowest BCUT2D eigenvalue weighted by Crippen LogP contribution is -2.31. The molecular formula is C24H28BrN3O2. The van der Waals surface area contributed by atoms with E-state index in [0.717, 1.165) is 40.2 Å². The largest absolute Gasteiger partial charge is 0.492 e. The number of aromatic nitrogens is 2. The second kappa shape index (κ2) is 9.75. The third-order valence-electron chi connectivity index (χ3n) is 5.66. The maximum absolute atomic E-state index is 13.1. The standard InChI is InChI=1S/C24H28BrN3O2/c1-2-23-26-21-10-5-4-9-19(21)24(29)28(23)18-11-12-22(20(25)17-18)30-16-8-15-27-13-6-3-7-14-27/h4-5,9-12,17H,2-3,6-8,13-16H2,1H3. The number of para-hydroxylation sites is 1. The van der Waals surface area contributed by atoms with E-state index in [0.29, 0.717) is 18.4 Å². The van der Waals surface area contributed by atoms with Crippen molar-refractivity contribution in [1.29, 1.82) is 0 Å². The number of halogens is 1. The van der Waals surface area contributed by atoms with Crippen molar-refractivity contribution in [1.82, 2.24) is 14.5 Å². The predicted octanol–water partition coefficient (Wildman–Crippen LogP) is 4.97. The molecule has 0 spiro atoms. The van der Waals surface area contributed by atoms with Gasteiger partial charge in [-0.3, -0.25) is 9.36 Å². The van der Waals surface area contributed by atoms with Crippen LogP contribution in [0.2, 0.25) is 0 Å². The number of hydrogen-bond donors (Lipinski definition) is 0. The molecule has 2 aromatic carbocycles. The summed E-state index contributed by atoms with van der Waals surface area (Å²) in [4.78, 5) is 20.4. The highest BCUT2D eigenvalue weighted by molar-refractivity contribution is 9.10. The molecule has 1 aromatic heterocycles. The minimum absolute atomic E-state index is 0.0421. The first-order valence-corrected chi connectivity index (χ1v) is 11.6. The van der Waals surface area contributed by atoms with Crippen LogP contribution >= 0.6 is 15.9 Å². The number of benzene rings is 2. The van der Waals surface area contributed by atoms with Crippen molar-refractivity contribution in [2.24, 2.45) is 0 Å². The Hall–Kier alpha value is -2.18. The fourth-order valence-electron chi connectivity index (χ4n) is 4.08. The van der Waals surface area contributed by atoms with E-state index in [1.807, 2.05) is 49.4 Å². The lowest BCUT2D eigenvalue weighted by atomic mass is 10.1. The summed E-state index contributed by atoms with van der Waals surface area (Å²) in [6.45, 7) is 6.22. The van der Waals surface area contributed by atoms with Crippen LogP contribution in [0, 0.1) is 0 Å². The summed E-state index contributed by atoms with van der Waals surface area (Å²) in [6.07, 6.45) is 5.68. The Morgan fingerprint density at radius 2 is 1.90 bits per heavy atom. The highest BCUT2D eigenvalue weighted by Crippen LogP contribution is 2.28. The average Bonchev–Trinajstić information content (AvgIpc) is 2.78. The maximum Gasteiger partial charge on any atom is 0.265 e. The van der Waals surface area contributed by atoms with E-state index in [1.54, 1.807) is 4.57 Å². The normalized spacial score (nSPS) is 14.9. The SMILES string of the molecule is CCc1nc2ccccc2c(=O)n1-c1ccc(OCCCN2CCCCC2)c(Br)c1. The summed E-state index contributed by atoms with van der Waals surface area (Å²) in [7, 11) is 0. The monoisotopic (exact) mass is 469 g/mol. The molecule has 0 saturated carbocycles. The molecule has 1 fully saturated rings. The fourth-order valence-corrected chi connectivity index (χ4v) is 4.56. The Kier molecular flexibility index (Phi) is 6.85. The molecular weight excluding hydrogens is 442 g/mol. The van der Waals surface area contributed by atoms with Crippen molar-refractivity contribution in [3.05, 3.63) is 63.1 Å². The highest BCUT2D eigenvalue weighted by Gasteiger charge is 2.13. The minimum Gasteiger partial charge on any atom is -0.492 e. The molecule has 30 heavy (non-hydrogen) atoms.